The van der Waals surface area contributed by atoms with E-state index in [0.717, 1.165) is 14.6 Å². The summed E-state index contributed by atoms with van der Waals surface area (Å²) >= 11 is 12.0. The summed E-state index contributed by atoms with van der Waals surface area (Å²) in [5.41, 5.74) is 0.921. The second-order valence-electron chi connectivity index (χ2n) is 3.00. The molecular weight excluding hydrogens is 356 g/mol. The first-order valence-electron chi connectivity index (χ1n) is 4.62. The maximum atomic E-state index is 5.14. The Labute approximate surface area is 117 Å². The highest BCUT2D eigenvalue weighted by Gasteiger charge is 2.02. The highest BCUT2D eigenvalue weighted by atomic mass is 79.9. The Morgan fingerprint density at radius 1 is 1.44 bits per heavy atom. The van der Waals surface area contributed by atoms with E-state index in [-0.39, 0.29) is 0 Å². The number of methoxy groups -OCH3 is 1. The first kappa shape index (κ1) is 13.9. The van der Waals surface area contributed by atoms with Crippen LogP contribution in [0.1, 0.15) is 0 Å². The van der Waals surface area contributed by atoms with Crippen molar-refractivity contribution in [3.8, 4) is 0 Å². The minimum Gasteiger partial charge on any atom is -0.383 e. The Balaban J connectivity index is 2.52. The molecule has 3 nitrogen and oxygen atoms in total. The van der Waals surface area contributed by atoms with Crippen LogP contribution in [0.15, 0.2) is 27.1 Å². The van der Waals surface area contributed by atoms with Crippen molar-refractivity contribution in [3.63, 3.8) is 0 Å². The number of ether oxygens (including phenoxy) is 1. The van der Waals surface area contributed by atoms with Gasteiger partial charge >= 0.3 is 0 Å². The lowest BCUT2D eigenvalue weighted by Gasteiger charge is -2.11. The summed E-state index contributed by atoms with van der Waals surface area (Å²) in [6.07, 6.45) is 0. The molecule has 0 atom stereocenters. The quantitative estimate of drug-likeness (QED) is 0.632. The van der Waals surface area contributed by atoms with Crippen molar-refractivity contribution < 1.29 is 4.74 Å². The van der Waals surface area contributed by atoms with Crippen molar-refractivity contribution in [1.82, 2.24) is 5.32 Å². The number of halogens is 2. The van der Waals surface area contributed by atoms with Crippen LogP contribution in [0.3, 0.4) is 0 Å². The van der Waals surface area contributed by atoms with Crippen LogP contribution in [0.25, 0.3) is 0 Å². The molecule has 88 valence electrons. The summed E-state index contributed by atoms with van der Waals surface area (Å²) in [6.45, 7) is 1.31. The van der Waals surface area contributed by atoms with Gasteiger partial charge in [0.05, 0.1) is 12.3 Å². The molecule has 0 unspecified atom stereocenters. The van der Waals surface area contributed by atoms with Crippen LogP contribution in [-0.4, -0.2) is 25.4 Å². The average molecular weight is 368 g/mol. The molecule has 0 aliphatic heterocycles. The Morgan fingerprint density at radius 3 is 2.88 bits per heavy atom. The van der Waals surface area contributed by atoms with Crippen LogP contribution >= 0.6 is 44.1 Å². The predicted molar refractivity (Wildman–Crippen MR) is 77.9 cm³/mol. The topological polar surface area (TPSA) is 33.3 Å². The van der Waals surface area contributed by atoms with Gasteiger partial charge in [-0.15, -0.1) is 0 Å². The molecule has 0 spiro atoms. The molecule has 1 aromatic carbocycles. The van der Waals surface area contributed by atoms with Gasteiger partial charge in [-0.3, -0.25) is 0 Å². The molecule has 0 aliphatic rings. The van der Waals surface area contributed by atoms with Gasteiger partial charge in [-0.25, -0.2) is 0 Å². The lowest BCUT2D eigenvalue weighted by molar-refractivity contribution is 0.204. The summed E-state index contributed by atoms with van der Waals surface area (Å²) in [7, 11) is 1.66. The maximum Gasteiger partial charge on any atom is 0.170 e. The van der Waals surface area contributed by atoms with E-state index in [4.69, 9.17) is 17.0 Å². The van der Waals surface area contributed by atoms with E-state index in [9.17, 15) is 0 Å². The first-order valence-corrected chi connectivity index (χ1v) is 6.61. The van der Waals surface area contributed by atoms with E-state index in [1.54, 1.807) is 7.11 Å². The van der Waals surface area contributed by atoms with E-state index in [2.05, 4.69) is 42.5 Å². The van der Waals surface area contributed by atoms with E-state index in [0.29, 0.717) is 18.3 Å². The number of hydrogen-bond acceptors (Lipinski definition) is 2. The van der Waals surface area contributed by atoms with Gasteiger partial charge in [-0.2, -0.15) is 0 Å². The normalized spacial score (nSPS) is 9.94. The third-order valence-electron chi connectivity index (χ3n) is 1.77. The second kappa shape index (κ2) is 7.21. The number of nitrogens with one attached hydrogen (secondary N) is 2. The fourth-order valence-electron chi connectivity index (χ4n) is 1.03. The Hall–Kier alpha value is -0.170. The molecule has 1 rings (SSSR count). The lowest BCUT2D eigenvalue weighted by Crippen LogP contribution is -2.31. The minimum absolute atomic E-state index is 0.579. The van der Waals surface area contributed by atoms with E-state index < -0.39 is 0 Å². The van der Waals surface area contributed by atoms with Crippen molar-refractivity contribution >= 4 is 54.9 Å². The van der Waals surface area contributed by atoms with Crippen LogP contribution in [0.2, 0.25) is 0 Å². The van der Waals surface area contributed by atoms with Gasteiger partial charge in [-0.05, 0) is 46.3 Å². The lowest BCUT2D eigenvalue weighted by atomic mass is 10.3. The SMILES string of the molecule is COCCNC(=S)Nc1cc(Br)ccc1Br. The minimum atomic E-state index is 0.579. The molecule has 2 N–H and O–H groups in total. The smallest absolute Gasteiger partial charge is 0.170 e. The second-order valence-corrected chi connectivity index (χ2v) is 5.18. The van der Waals surface area contributed by atoms with Gasteiger partial charge in [-0.1, -0.05) is 15.9 Å². The van der Waals surface area contributed by atoms with Gasteiger partial charge in [0.2, 0.25) is 0 Å². The summed E-state index contributed by atoms with van der Waals surface area (Å²) in [5.74, 6) is 0. The van der Waals surface area contributed by atoms with E-state index in [1.807, 2.05) is 18.2 Å². The molecule has 0 bridgehead atoms. The molecule has 0 amide bonds. The van der Waals surface area contributed by atoms with Gasteiger partial charge in [0.25, 0.3) is 0 Å². The molecule has 0 fully saturated rings. The number of thiocarbonyl (C=S) groups is 1. The first-order chi connectivity index (χ1) is 7.63. The molecule has 0 saturated carbocycles. The third-order valence-corrected chi connectivity index (χ3v) is 3.20. The monoisotopic (exact) mass is 366 g/mol. The number of hydrogen-bond donors (Lipinski definition) is 2. The molecule has 6 heteroatoms. The predicted octanol–water partition coefficient (Wildman–Crippen LogP) is 3.14. The fourth-order valence-corrected chi connectivity index (χ4v) is 1.95. The van der Waals surface area contributed by atoms with Crippen molar-refractivity contribution in [2.75, 3.05) is 25.6 Å². The number of benzene rings is 1. The maximum absolute atomic E-state index is 5.14. The summed E-state index contributed by atoms with van der Waals surface area (Å²) in [6, 6.07) is 5.86. The van der Waals surface area contributed by atoms with E-state index in [1.165, 1.54) is 0 Å². The third kappa shape index (κ3) is 4.78. The van der Waals surface area contributed by atoms with E-state index >= 15 is 0 Å². The average Bonchev–Trinajstić information content (AvgIpc) is 2.24. The zero-order valence-electron chi connectivity index (χ0n) is 8.72. The van der Waals surface area contributed by atoms with Gasteiger partial charge < -0.3 is 15.4 Å². The molecular formula is C10H12Br2N2OS. The number of anilines is 1. The summed E-state index contributed by atoms with van der Waals surface area (Å²) in [4.78, 5) is 0. The molecule has 0 aliphatic carbocycles. The Kier molecular flexibility index (Phi) is 6.26. The molecule has 16 heavy (non-hydrogen) atoms. The van der Waals surface area contributed by atoms with Gasteiger partial charge in [0.15, 0.2) is 5.11 Å². The van der Waals surface area contributed by atoms with Crippen LogP contribution < -0.4 is 10.6 Å². The summed E-state index contributed by atoms with van der Waals surface area (Å²) in [5, 5.41) is 6.72. The zero-order valence-corrected chi connectivity index (χ0v) is 12.7. The molecule has 0 radical (unpaired) electrons. The van der Waals surface area contributed by atoms with Crippen LogP contribution in [-0.2, 0) is 4.74 Å². The van der Waals surface area contributed by atoms with Crippen LogP contribution in [0.4, 0.5) is 5.69 Å². The highest BCUT2D eigenvalue weighted by Crippen LogP contribution is 2.25. The van der Waals surface area contributed by atoms with Crippen molar-refractivity contribution in [1.29, 1.82) is 0 Å². The zero-order chi connectivity index (χ0) is 12.0. The molecule has 1 aromatic rings. The molecule has 0 saturated heterocycles. The Morgan fingerprint density at radius 2 is 2.19 bits per heavy atom. The van der Waals surface area contributed by atoms with Crippen LogP contribution in [0, 0.1) is 0 Å². The molecule has 0 aromatic heterocycles. The summed E-state index contributed by atoms with van der Waals surface area (Å²) < 4.78 is 6.88. The van der Waals surface area contributed by atoms with Gasteiger partial charge in [0, 0.05) is 22.6 Å². The largest absolute Gasteiger partial charge is 0.383 e. The number of rotatable bonds is 4. The Bertz CT molecular complexity index is 374. The molecule has 0 heterocycles. The van der Waals surface area contributed by atoms with Gasteiger partial charge in [0.1, 0.15) is 0 Å². The highest BCUT2D eigenvalue weighted by molar-refractivity contribution is 9.11. The fraction of sp³-hybridized carbons (Fsp3) is 0.300. The van der Waals surface area contributed by atoms with Crippen molar-refractivity contribution in [2.45, 2.75) is 0 Å². The van der Waals surface area contributed by atoms with Crippen molar-refractivity contribution in [2.24, 2.45) is 0 Å². The van der Waals surface area contributed by atoms with Crippen LogP contribution in [0.5, 0.6) is 0 Å². The standard InChI is InChI=1S/C10H12Br2N2OS/c1-15-5-4-13-10(16)14-9-6-7(11)2-3-8(9)12/h2-3,6H,4-5H2,1H3,(H2,13,14,16). The van der Waals surface area contributed by atoms with Crippen molar-refractivity contribution in [3.05, 3.63) is 27.1 Å².